The number of halogens is 1. The van der Waals surface area contributed by atoms with Gasteiger partial charge in [-0.15, -0.1) is 0 Å². The minimum absolute atomic E-state index is 0.177. The number of ether oxygens (including phenoxy) is 1. The van der Waals surface area contributed by atoms with Crippen LogP contribution in [0.5, 0.6) is 0 Å². The van der Waals surface area contributed by atoms with Gasteiger partial charge in [-0.05, 0) is 31.5 Å². The molecule has 1 amide bonds. The van der Waals surface area contributed by atoms with Gasteiger partial charge in [0, 0.05) is 37.1 Å². The van der Waals surface area contributed by atoms with Crippen LogP contribution < -0.4 is 0 Å². The molecule has 2 atom stereocenters. The summed E-state index contributed by atoms with van der Waals surface area (Å²) in [5.41, 5.74) is 0.479. The molecule has 4 rings (SSSR count). The molecule has 0 radical (unpaired) electrons. The Hall–Kier alpha value is -2.54. The van der Waals surface area contributed by atoms with Gasteiger partial charge in [0.1, 0.15) is 5.82 Å². The Labute approximate surface area is 149 Å². The minimum atomic E-state index is -0.935. The fraction of sp³-hybridized carbons (Fsp3) is 0.421. The number of carbonyl (C=O) groups excluding carboxylic acids is 1. The maximum Gasteiger partial charge on any atom is 0.311 e. The predicted molar refractivity (Wildman–Crippen MR) is 91.3 cm³/mol. The second-order valence-electron chi connectivity index (χ2n) is 7.13. The number of hydrogen-bond donors (Lipinski definition) is 1. The summed E-state index contributed by atoms with van der Waals surface area (Å²) in [7, 11) is 0. The van der Waals surface area contributed by atoms with Gasteiger partial charge in [-0.3, -0.25) is 14.6 Å². The SMILES string of the molecule is Cc1nc2cc(F)ccc2cc1C(=O)N1C[C@H]2COCC[C@@]2(C(=O)O)C1. The highest BCUT2D eigenvalue weighted by molar-refractivity contribution is 5.99. The second kappa shape index (κ2) is 6.02. The first kappa shape index (κ1) is 16.9. The smallest absolute Gasteiger partial charge is 0.311 e. The van der Waals surface area contributed by atoms with Gasteiger partial charge in [-0.25, -0.2) is 4.39 Å². The number of pyridine rings is 1. The second-order valence-corrected chi connectivity index (χ2v) is 7.13. The first-order chi connectivity index (χ1) is 12.4. The Balaban J connectivity index is 1.68. The molecule has 2 aliphatic rings. The van der Waals surface area contributed by atoms with E-state index in [1.54, 1.807) is 24.0 Å². The minimum Gasteiger partial charge on any atom is -0.481 e. The molecule has 26 heavy (non-hydrogen) atoms. The Morgan fingerprint density at radius 2 is 2.19 bits per heavy atom. The highest BCUT2D eigenvalue weighted by atomic mass is 19.1. The summed E-state index contributed by atoms with van der Waals surface area (Å²) in [4.78, 5) is 30.9. The lowest BCUT2D eigenvalue weighted by molar-refractivity contribution is -0.157. The van der Waals surface area contributed by atoms with E-state index >= 15 is 0 Å². The van der Waals surface area contributed by atoms with Crippen LogP contribution in [-0.4, -0.2) is 53.2 Å². The van der Waals surface area contributed by atoms with Crippen molar-refractivity contribution in [2.24, 2.45) is 11.3 Å². The molecule has 1 aromatic carbocycles. The molecule has 7 heteroatoms. The number of carboxylic acid groups (broad SMARTS) is 1. The molecular formula is C19H19FN2O4. The summed E-state index contributed by atoms with van der Waals surface area (Å²) in [5, 5.41) is 10.4. The molecule has 1 aromatic heterocycles. The van der Waals surface area contributed by atoms with E-state index in [4.69, 9.17) is 4.74 Å². The zero-order valence-electron chi connectivity index (χ0n) is 14.4. The summed E-state index contributed by atoms with van der Waals surface area (Å²) in [6, 6.07) is 5.95. The Morgan fingerprint density at radius 1 is 1.38 bits per heavy atom. The van der Waals surface area contributed by atoms with Crippen molar-refractivity contribution < 1.29 is 23.8 Å². The first-order valence-electron chi connectivity index (χ1n) is 8.58. The van der Waals surface area contributed by atoms with E-state index < -0.39 is 11.4 Å². The van der Waals surface area contributed by atoms with Crippen molar-refractivity contribution in [1.29, 1.82) is 0 Å². The van der Waals surface area contributed by atoms with E-state index in [9.17, 15) is 19.1 Å². The van der Waals surface area contributed by atoms with Gasteiger partial charge < -0.3 is 14.7 Å². The highest BCUT2D eigenvalue weighted by Gasteiger charge is 2.55. The summed E-state index contributed by atoms with van der Waals surface area (Å²) in [6.07, 6.45) is 0.408. The fourth-order valence-corrected chi connectivity index (χ4v) is 4.08. The van der Waals surface area contributed by atoms with E-state index in [2.05, 4.69) is 4.98 Å². The number of nitrogens with zero attached hydrogens (tertiary/aromatic N) is 2. The molecule has 136 valence electrons. The van der Waals surface area contributed by atoms with Crippen molar-refractivity contribution in [1.82, 2.24) is 9.88 Å². The lowest BCUT2D eigenvalue weighted by atomic mass is 9.74. The van der Waals surface area contributed by atoms with Crippen LogP contribution >= 0.6 is 0 Å². The van der Waals surface area contributed by atoms with Crippen LogP contribution in [0, 0.1) is 24.1 Å². The van der Waals surface area contributed by atoms with Crippen LogP contribution in [0.2, 0.25) is 0 Å². The molecule has 2 saturated heterocycles. The first-order valence-corrected chi connectivity index (χ1v) is 8.58. The number of rotatable bonds is 2. The lowest BCUT2D eigenvalue weighted by Gasteiger charge is -2.33. The maximum absolute atomic E-state index is 13.4. The van der Waals surface area contributed by atoms with Gasteiger partial charge in [0.15, 0.2) is 0 Å². The largest absolute Gasteiger partial charge is 0.481 e. The van der Waals surface area contributed by atoms with Crippen LogP contribution in [0.15, 0.2) is 24.3 Å². The molecule has 0 unspecified atom stereocenters. The number of carbonyl (C=O) groups is 2. The fourth-order valence-electron chi connectivity index (χ4n) is 4.08. The maximum atomic E-state index is 13.4. The molecule has 2 aromatic rings. The molecule has 0 saturated carbocycles. The number of hydrogen-bond acceptors (Lipinski definition) is 4. The molecule has 2 fully saturated rings. The van der Waals surface area contributed by atoms with Crippen LogP contribution in [0.3, 0.4) is 0 Å². The van der Waals surface area contributed by atoms with Gasteiger partial charge in [0.25, 0.3) is 5.91 Å². The van der Waals surface area contributed by atoms with Crippen LogP contribution in [0.25, 0.3) is 10.9 Å². The molecule has 1 N–H and O–H groups in total. The van der Waals surface area contributed by atoms with Crippen LogP contribution in [0.1, 0.15) is 22.5 Å². The third-order valence-electron chi connectivity index (χ3n) is 5.62. The van der Waals surface area contributed by atoms with Crippen molar-refractivity contribution in [3.63, 3.8) is 0 Å². The van der Waals surface area contributed by atoms with E-state index in [0.717, 1.165) is 0 Å². The van der Waals surface area contributed by atoms with Gasteiger partial charge in [-0.1, -0.05) is 0 Å². The zero-order valence-corrected chi connectivity index (χ0v) is 14.4. The van der Waals surface area contributed by atoms with Crippen molar-refractivity contribution in [3.05, 3.63) is 41.3 Å². The van der Waals surface area contributed by atoms with E-state index in [1.165, 1.54) is 12.1 Å². The molecule has 2 aliphatic heterocycles. The van der Waals surface area contributed by atoms with Crippen LogP contribution in [-0.2, 0) is 9.53 Å². The van der Waals surface area contributed by atoms with Crippen molar-refractivity contribution in [2.75, 3.05) is 26.3 Å². The third-order valence-corrected chi connectivity index (χ3v) is 5.62. The van der Waals surface area contributed by atoms with Crippen LogP contribution in [0.4, 0.5) is 4.39 Å². The molecule has 0 bridgehead atoms. The predicted octanol–water partition coefficient (Wildman–Crippen LogP) is 2.25. The monoisotopic (exact) mass is 358 g/mol. The molecule has 6 nitrogen and oxygen atoms in total. The van der Waals surface area contributed by atoms with E-state index in [0.29, 0.717) is 48.3 Å². The number of aromatic nitrogens is 1. The molecule has 0 spiro atoms. The average Bonchev–Trinajstić information content (AvgIpc) is 3.01. The lowest BCUT2D eigenvalue weighted by Crippen LogP contribution is -2.45. The van der Waals surface area contributed by atoms with Gasteiger partial charge in [0.2, 0.25) is 0 Å². The number of aliphatic carboxylic acids is 1. The number of amides is 1. The number of aryl methyl sites for hydroxylation is 1. The van der Waals surface area contributed by atoms with Crippen molar-refractivity contribution in [3.8, 4) is 0 Å². The number of benzene rings is 1. The van der Waals surface area contributed by atoms with Gasteiger partial charge in [0.05, 0.1) is 28.8 Å². The summed E-state index contributed by atoms with van der Waals surface area (Å²) in [5.74, 6) is -1.70. The average molecular weight is 358 g/mol. The topological polar surface area (TPSA) is 79.7 Å². The van der Waals surface area contributed by atoms with Crippen molar-refractivity contribution >= 4 is 22.8 Å². The summed E-state index contributed by atoms with van der Waals surface area (Å²) < 4.78 is 18.8. The number of carboxylic acids is 1. The summed E-state index contributed by atoms with van der Waals surface area (Å²) in [6.45, 7) is 2.98. The Kier molecular flexibility index (Phi) is 3.91. The van der Waals surface area contributed by atoms with E-state index in [-0.39, 0.29) is 24.2 Å². The normalized spacial score (nSPS) is 25.3. The van der Waals surface area contributed by atoms with Crippen molar-refractivity contribution in [2.45, 2.75) is 13.3 Å². The standard InChI is InChI=1S/C19H19FN2O4/c1-11-15(6-12-2-3-14(20)7-16(12)21-11)17(23)22-8-13-9-26-5-4-19(13,10-22)18(24)25/h2-3,6-7,13H,4-5,8-10H2,1H3,(H,24,25)/t13-,19+/m0/s1. The molecule has 0 aliphatic carbocycles. The number of likely N-dealkylation sites (tertiary alicyclic amines) is 1. The van der Waals surface area contributed by atoms with E-state index in [1.807, 2.05) is 0 Å². The molecular weight excluding hydrogens is 339 g/mol. The van der Waals surface area contributed by atoms with Gasteiger partial charge >= 0.3 is 5.97 Å². The summed E-state index contributed by atoms with van der Waals surface area (Å²) >= 11 is 0. The van der Waals surface area contributed by atoms with Gasteiger partial charge in [-0.2, -0.15) is 0 Å². The molecule has 3 heterocycles. The Bertz CT molecular complexity index is 916. The zero-order chi connectivity index (χ0) is 18.5. The third kappa shape index (κ3) is 2.54. The Morgan fingerprint density at radius 3 is 2.92 bits per heavy atom. The highest BCUT2D eigenvalue weighted by Crippen LogP contribution is 2.43. The quantitative estimate of drug-likeness (QED) is 0.891. The number of fused-ring (bicyclic) bond motifs is 2.